The minimum Gasteiger partial charge on any atom is -0.488 e. The molecule has 0 unspecified atom stereocenters. The Morgan fingerprint density at radius 3 is 2.00 bits per heavy atom. The maximum absolute atomic E-state index is 12.7. The molecule has 0 fully saturated rings. The third-order valence-electron chi connectivity index (χ3n) is 5.91. The molecule has 0 aliphatic heterocycles. The summed E-state index contributed by atoms with van der Waals surface area (Å²) in [5.41, 5.74) is 5.13. The van der Waals surface area contributed by atoms with E-state index in [-0.39, 0.29) is 24.5 Å². The predicted molar refractivity (Wildman–Crippen MR) is 135 cm³/mol. The first-order valence-corrected chi connectivity index (χ1v) is 11.7. The number of fused-ring (bicyclic) bond motifs is 3. The number of benzene rings is 3. The van der Waals surface area contributed by atoms with E-state index < -0.39 is 18.1 Å². The Kier molecular flexibility index (Phi) is 7.10. The molecule has 1 aliphatic carbocycles. The maximum atomic E-state index is 12.7. The van der Waals surface area contributed by atoms with Crippen LogP contribution in [0.5, 0.6) is 5.75 Å². The Bertz CT molecular complexity index is 1150. The minimum atomic E-state index is -0.870. The molecule has 1 N–H and O–H groups in total. The monoisotopic (exact) mass is 473 g/mol. The standard InChI is InChI=1S/C29H31NO5/c1-29(2,3)35-20-15-13-19(14-16-20)17-26(27(31)33-4)30-28(32)34-18-25-23-11-7-5-9-21(23)22-10-6-8-12-24(22)25/h5-16,25-26H,17-18H2,1-4H3,(H,30,32)/t26-/m0/s1. The summed E-state index contributed by atoms with van der Waals surface area (Å²) in [5, 5.41) is 2.67. The van der Waals surface area contributed by atoms with E-state index >= 15 is 0 Å². The highest BCUT2D eigenvalue weighted by molar-refractivity contribution is 5.82. The summed E-state index contributed by atoms with van der Waals surface area (Å²) in [5.74, 6) is 0.147. The number of hydrogen-bond donors (Lipinski definition) is 1. The third kappa shape index (κ3) is 5.83. The summed E-state index contributed by atoms with van der Waals surface area (Å²) in [6.45, 7) is 6.11. The molecule has 0 aromatic heterocycles. The van der Waals surface area contributed by atoms with Crippen molar-refractivity contribution in [2.75, 3.05) is 13.7 Å². The van der Waals surface area contributed by atoms with Gasteiger partial charge in [-0.1, -0.05) is 60.7 Å². The lowest BCUT2D eigenvalue weighted by atomic mass is 9.98. The second-order valence-corrected chi connectivity index (χ2v) is 9.61. The number of rotatable bonds is 7. The second kappa shape index (κ2) is 10.2. The van der Waals surface area contributed by atoms with Crippen LogP contribution >= 0.6 is 0 Å². The van der Waals surface area contributed by atoms with Crippen LogP contribution in [-0.2, 0) is 20.7 Å². The van der Waals surface area contributed by atoms with Gasteiger partial charge in [-0.2, -0.15) is 0 Å². The van der Waals surface area contributed by atoms with Gasteiger partial charge in [0.1, 0.15) is 24.0 Å². The number of nitrogens with one attached hydrogen (secondary N) is 1. The number of alkyl carbamates (subject to hydrolysis) is 1. The van der Waals surface area contributed by atoms with E-state index in [0.717, 1.165) is 33.6 Å². The lowest BCUT2D eigenvalue weighted by Gasteiger charge is -2.21. The number of hydrogen-bond acceptors (Lipinski definition) is 5. The van der Waals surface area contributed by atoms with Crippen LogP contribution in [0.2, 0.25) is 0 Å². The zero-order chi connectivity index (χ0) is 25.0. The number of methoxy groups -OCH3 is 1. The third-order valence-corrected chi connectivity index (χ3v) is 5.91. The molecule has 1 atom stereocenters. The highest BCUT2D eigenvalue weighted by atomic mass is 16.6. The fraction of sp³-hybridized carbons (Fsp3) is 0.310. The molecule has 35 heavy (non-hydrogen) atoms. The summed E-state index contributed by atoms with van der Waals surface area (Å²) >= 11 is 0. The Morgan fingerprint density at radius 1 is 0.886 bits per heavy atom. The maximum Gasteiger partial charge on any atom is 0.407 e. The lowest BCUT2D eigenvalue weighted by molar-refractivity contribution is -0.143. The molecule has 3 aromatic carbocycles. The van der Waals surface area contributed by atoms with Gasteiger partial charge in [0, 0.05) is 12.3 Å². The summed E-state index contributed by atoms with van der Waals surface area (Å²) in [4.78, 5) is 25.1. The molecule has 4 rings (SSSR count). The Balaban J connectivity index is 1.40. The van der Waals surface area contributed by atoms with Crippen molar-refractivity contribution in [1.82, 2.24) is 5.32 Å². The molecular formula is C29H31NO5. The van der Waals surface area contributed by atoms with Gasteiger partial charge < -0.3 is 19.5 Å². The van der Waals surface area contributed by atoms with Crippen molar-refractivity contribution in [3.05, 3.63) is 89.5 Å². The van der Waals surface area contributed by atoms with Crippen LogP contribution in [0.4, 0.5) is 4.79 Å². The molecule has 3 aromatic rings. The fourth-order valence-electron chi connectivity index (χ4n) is 4.40. The first-order chi connectivity index (χ1) is 16.7. The molecule has 6 nitrogen and oxygen atoms in total. The van der Waals surface area contributed by atoms with Crippen LogP contribution in [0.15, 0.2) is 72.8 Å². The van der Waals surface area contributed by atoms with E-state index in [9.17, 15) is 9.59 Å². The minimum absolute atomic E-state index is 0.0555. The molecule has 182 valence electrons. The van der Waals surface area contributed by atoms with Crippen molar-refractivity contribution in [2.45, 2.75) is 44.8 Å². The number of esters is 1. The first-order valence-electron chi connectivity index (χ1n) is 11.7. The molecule has 0 bridgehead atoms. The smallest absolute Gasteiger partial charge is 0.407 e. The number of carbonyl (C=O) groups excluding carboxylic acids is 2. The van der Waals surface area contributed by atoms with Crippen molar-refractivity contribution in [3.8, 4) is 16.9 Å². The van der Waals surface area contributed by atoms with Crippen LogP contribution in [0.3, 0.4) is 0 Å². The van der Waals surface area contributed by atoms with E-state index in [1.807, 2.05) is 69.3 Å². The van der Waals surface area contributed by atoms with Gasteiger partial charge in [-0.3, -0.25) is 0 Å². The quantitative estimate of drug-likeness (QED) is 0.460. The van der Waals surface area contributed by atoms with Crippen LogP contribution in [-0.4, -0.2) is 37.4 Å². The predicted octanol–water partition coefficient (Wildman–Crippen LogP) is 5.49. The van der Waals surface area contributed by atoms with Gasteiger partial charge >= 0.3 is 12.1 Å². The number of carbonyl (C=O) groups is 2. The summed E-state index contributed by atoms with van der Waals surface area (Å²) in [6, 6.07) is 22.9. The van der Waals surface area contributed by atoms with E-state index in [1.54, 1.807) is 0 Å². The molecule has 1 amide bonds. The number of amides is 1. The molecule has 0 saturated heterocycles. The van der Waals surface area contributed by atoms with Gasteiger partial charge in [0.05, 0.1) is 7.11 Å². The zero-order valence-electron chi connectivity index (χ0n) is 20.5. The largest absolute Gasteiger partial charge is 0.488 e. The normalized spacial score (nSPS) is 13.4. The van der Waals surface area contributed by atoms with Crippen molar-refractivity contribution in [1.29, 1.82) is 0 Å². The van der Waals surface area contributed by atoms with Crippen LogP contribution in [0.25, 0.3) is 11.1 Å². The van der Waals surface area contributed by atoms with Gasteiger partial charge in [0.2, 0.25) is 0 Å². The van der Waals surface area contributed by atoms with E-state index in [2.05, 4.69) is 29.6 Å². The zero-order valence-corrected chi connectivity index (χ0v) is 20.5. The molecular weight excluding hydrogens is 442 g/mol. The molecule has 0 radical (unpaired) electrons. The van der Waals surface area contributed by atoms with Gasteiger partial charge in [-0.15, -0.1) is 0 Å². The van der Waals surface area contributed by atoms with Gasteiger partial charge in [0.15, 0.2) is 0 Å². The van der Waals surface area contributed by atoms with Gasteiger partial charge in [-0.05, 0) is 60.7 Å². The van der Waals surface area contributed by atoms with Crippen LogP contribution in [0, 0.1) is 0 Å². The Labute approximate surface area is 206 Å². The van der Waals surface area contributed by atoms with Crippen molar-refractivity contribution in [3.63, 3.8) is 0 Å². The molecule has 1 aliphatic rings. The van der Waals surface area contributed by atoms with Gasteiger partial charge in [0.25, 0.3) is 0 Å². The molecule has 0 saturated carbocycles. The molecule has 6 heteroatoms. The molecule has 0 heterocycles. The number of ether oxygens (including phenoxy) is 3. The second-order valence-electron chi connectivity index (χ2n) is 9.61. The highest BCUT2D eigenvalue weighted by Gasteiger charge is 2.30. The topological polar surface area (TPSA) is 73.9 Å². The van der Waals surface area contributed by atoms with Crippen molar-refractivity contribution < 1.29 is 23.8 Å². The van der Waals surface area contributed by atoms with Crippen molar-refractivity contribution in [2.24, 2.45) is 0 Å². The lowest BCUT2D eigenvalue weighted by Crippen LogP contribution is -2.43. The average molecular weight is 474 g/mol. The van der Waals surface area contributed by atoms with Crippen molar-refractivity contribution >= 4 is 12.1 Å². The van der Waals surface area contributed by atoms with Gasteiger partial charge in [-0.25, -0.2) is 9.59 Å². The fourth-order valence-corrected chi connectivity index (χ4v) is 4.40. The summed E-state index contributed by atoms with van der Waals surface area (Å²) in [7, 11) is 1.30. The SMILES string of the molecule is COC(=O)[C@H](Cc1ccc(OC(C)(C)C)cc1)NC(=O)OCC1c2ccccc2-c2ccccc21. The van der Waals surface area contributed by atoms with E-state index in [1.165, 1.54) is 7.11 Å². The van der Waals surface area contributed by atoms with Crippen LogP contribution < -0.4 is 10.1 Å². The molecule has 0 spiro atoms. The highest BCUT2D eigenvalue weighted by Crippen LogP contribution is 2.44. The van der Waals surface area contributed by atoms with E-state index in [0.29, 0.717) is 0 Å². The van der Waals surface area contributed by atoms with Crippen LogP contribution in [0.1, 0.15) is 43.4 Å². The Hall–Kier alpha value is -3.80. The Morgan fingerprint density at radius 2 is 1.46 bits per heavy atom. The first kappa shape index (κ1) is 24.3. The summed E-state index contributed by atoms with van der Waals surface area (Å²) in [6.07, 6.45) is -0.387. The average Bonchev–Trinajstić information content (AvgIpc) is 3.16. The van der Waals surface area contributed by atoms with E-state index in [4.69, 9.17) is 14.2 Å². The summed E-state index contributed by atoms with van der Waals surface area (Å²) < 4.78 is 16.4.